The highest BCUT2D eigenvalue weighted by Crippen LogP contribution is 2.25. The molecule has 0 bridgehead atoms. The van der Waals surface area contributed by atoms with E-state index in [9.17, 15) is 15.2 Å². The molecule has 0 aliphatic rings. The van der Waals surface area contributed by atoms with Crippen molar-refractivity contribution >= 4 is 11.4 Å². The van der Waals surface area contributed by atoms with Crippen LogP contribution in [0.25, 0.3) is 0 Å². The summed E-state index contributed by atoms with van der Waals surface area (Å²) in [7, 11) is 0. The molecule has 18 heavy (non-hydrogen) atoms. The number of nitrogens with zero attached hydrogens (tertiary/aromatic N) is 2. The first-order chi connectivity index (χ1) is 8.45. The molecule has 0 aromatic heterocycles. The first-order valence-corrected chi connectivity index (χ1v) is 5.56. The Hall–Kier alpha value is -2.13. The first-order valence-electron chi connectivity index (χ1n) is 5.56. The van der Waals surface area contributed by atoms with Gasteiger partial charge in [0.15, 0.2) is 0 Å². The van der Waals surface area contributed by atoms with Gasteiger partial charge >= 0.3 is 0 Å². The lowest BCUT2D eigenvalue weighted by Gasteiger charge is -2.15. The van der Waals surface area contributed by atoms with Crippen LogP contribution in [0.15, 0.2) is 18.2 Å². The summed E-state index contributed by atoms with van der Waals surface area (Å²) in [5.41, 5.74) is 0.375. The van der Waals surface area contributed by atoms with Crippen LogP contribution in [0.4, 0.5) is 11.4 Å². The molecule has 1 atom stereocenters. The van der Waals surface area contributed by atoms with E-state index < -0.39 is 11.0 Å². The molecule has 1 aromatic carbocycles. The number of nitro groups is 1. The van der Waals surface area contributed by atoms with Gasteiger partial charge in [-0.1, -0.05) is 13.8 Å². The first kappa shape index (κ1) is 13.9. The van der Waals surface area contributed by atoms with Crippen LogP contribution in [0, 0.1) is 27.4 Å². The second-order valence-corrected chi connectivity index (χ2v) is 4.29. The molecule has 0 saturated carbocycles. The van der Waals surface area contributed by atoms with E-state index in [0.29, 0.717) is 5.69 Å². The van der Waals surface area contributed by atoms with Gasteiger partial charge in [0.2, 0.25) is 0 Å². The molecule has 0 saturated heterocycles. The van der Waals surface area contributed by atoms with Gasteiger partial charge in [-0.25, -0.2) is 0 Å². The smallest absolute Gasteiger partial charge is 0.293 e. The Labute approximate surface area is 105 Å². The van der Waals surface area contributed by atoms with Crippen LogP contribution in [-0.2, 0) is 0 Å². The fourth-order valence-corrected chi connectivity index (χ4v) is 1.35. The van der Waals surface area contributed by atoms with Crippen molar-refractivity contribution in [3.8, 4) is 6.07 Å². The van der Waals surface area contributed by atoms with Gasteiger partial charge in [-0.15, -0.1) is 0 Å². The van der Waals surface area contributed by atoms with Gasteiger partial charge in [-0.2, -0.15) is 5.26 Å². The zero-order chi connectivity index (χ0) is 13.7. The van der Waals surface area contributed by atoms with Crippen molar-refractivity contribution in [1.29, 1.82) is 5.26 Å². The number of benzene rings is 1. The standard InChI is InChI=1S/C12H15N3O3/c1-8(2)12(16)7-14-10-4-3-9(6-13)5-11(10)15(17)18/h3-5,8,12,14,16H,7H2,1-2H3. The molecule has 1 aromatic rings. The summed E-state index contributed by atoms with van der Waals surface area (Å²) in [6.07, 6.45) is -0.583. The summed E-state index contributed by atoms with van der Waals surface area (Å²) < 4.78 is 0. The van der Waals surface area contributed by atoms with E-state index in [4.69, 9.17) is 5.26 Å². The fraction of sp³-hybridized carbons (Fsp3) is 0.417. The lowest BCUT2D eigenvalue weighted by atomic mass is 10.1. The van der Waals surface area contributed by atoms with Gasteiger partial charge in [0.1, 0.15) is 5.69 Å². The van der Waals surface area contributed by atoms with Crippen molar-refractivity contribution in [3.05, 3.63) is 33.9 Å². The number of nitriles is 1. The number of rotatable bonds is 5. The van der Waals surface area contributed by atoms with Gasteiger partial charge in [0.05, 0.1) is 22.7 Å². The van der Waals surface area contributed by atoms with E-state index in [1.54, 1.807) is 0 Å². The SMILES string of the molecule is CC(C)C(O)CNc1ccc(C#N)cc1[N+](=O)[O-]. The van der Waals surface area contributed by atoms with Crippen LogP contribution in [0.2, 0.25) is 0 Å². The number of nitrogens with one attached hydrogen (secondary N) is 1. The van der Waals surface area contributed by atoms with Crippen molar-refractivity contribution in [2.75, 3.05) is 11.9 Å². The third kappa shape index (κ3) is 3.43. The topological polar surface area (TPSA) is 99.2 Å². The molecule has 6 nitrogen and oxygen atoms in total. The number of nitro benzene ring substituents is 1. The third-order valence-corrected chi connectivity index (χ3v) is 2.59. The Bertz CT molecular complexity index is 480. The van der Waals surface area contributed by atoms with E-state index in [-0.39, 0.29) is 23.7 Å². The van der Waals surface area contributed by atoms with E-state index >= 15 is 0 Å². The van der Waals surface area contributed by atoms with E-state index in [2.05, 4.69) is 5.32 Å². The van der Waals surface area contributed by atoms with Gasteiger partial charge < -0.3 is 10.4 Å². The minimum Gasteiger partial charge on any atom is -0.391 e. The number of anilines is 1. The Balaban J connectivity index is 2.89. The second kappa shape index (κ2) is 5.98. The number of aliphatic hydroxyl groups excluding tert-OH is 1. The normalized spacial score (nSPS) is 11.9. The summed E-state index contributed by atoms with van der Waals surface area (Å²) in [6.45, 7) is 3.95. The summed E-state index contributed by atoms with van der Waals surface area (Å²) in [6, 6.07) is 6.04. The van der Waals surface area contributed by atoms with E-state index in [1.165, 1.54) is 18.2 Å². The molecule has 0 radical (unpaired) electrons. The summed E-state index contributed by atoms with van der Waals surface area (Å²) in [5, 5.41) is 32.0. The molecule has 0 amide bonds. The van der Waals surface area contributed by atoms with Crippen LogP contribution >= 0.6 is 0 Å². The molecule has 1 unspecified atom stereocenters. The van der Waals surface area contributed by atoms with Gasteiger partial charge in [0.25, 0.3) is 5.69 Å². The maximum absolute atomic E-state index is 10.9. The lowest BCUT2D eigenvalue weighted by Crippen LogP contribution is -2.25. The monoisotopic (exact) mass is 249 g/mol. The number of hydrogen-bond donors (Lipinski definition) is 2. The summed E-state index contributed by atoms with van der Waals surface area (Å²) >= 11 is 0. The molecular formula is C12H15N3O3. The predicted molar refractivity (Wildman–Crippen MR) is 67.1 cm³/mol. The highest BCUT2D eigenvalue weighted by atomic mass is 16.6. The summed E-state index contributed by atoms with van der Waals surface area (Å²) in [5.74, 6) is 0.0648. The highest BCUT2D eigenvalue weighted by molar-refractivity contribution is 5.64. The van der Waals surface area contributed by atoms with Crippen molar-refractivity contribution in [1.82, 2.24) is 0 Å². The Morgan fingerprint density at radius 1 is 1.56 bits per heavy atom. The average molecular weight is 249 g/mol. The average Bonchev–Trinajstić information content (AvgIpc) is 2.35. The van der Waals surface area contributed by atoms with Gasteiger partial charge in [-0.05, 0) is 18.1 Å². The fourth-order valence-electron chi connectivity index (χ4n) is 1.35. The predicted octanol–water partition coefficient (Wildman–Crippen LogP) is 1.90. The van der Waals surface area contributed by atoms with Gasteiger partial charge in [0, 0.05) is 12.6 Å². The van der Waals surface area contributed by atoms with Crippen LogP contribution in [0.3, 0.4) is 0 Å². The molecule has 0 fully saturated rings. The van der Waals surface area contributed by atoms with E-state index in [0.717, 1.165) is 0 Å². The number of hydrogen-bond acceptors (Lipinski definition) is 5. The molecule has 0 aliphatic heterocycles. The number of aliphatic hydroxyl groups is 1. The summed E-state index contributed by atoms with van der Waals surface area (Å²) in [4.78, 5) is 10.3. The Kier molecular flexibility index (Phi) is 4.63. The third-order valence-electron chi connectivity index (χ3n) is 2.59. The minimum absolute atomic E-state index is 0.0648. The molecular weight excluding hydrogens is 234 g/mol. The van der Waals surface area contributed by atoms with Crippen molar-refractivity contribution in [2.24, 2.45) is 5.92 Å². The molecule has 96 valence electrons. The molecule has 0 heterocycles. The van der Waals surface area contributed by atoms with Crippen LogP contribution < -0.4 is 5.32 Å². The molecule has 2 N–H and O–H groups in total. The molecule has 0 spiro atoms. The minimum atomic E-state index is -0.583. The zero-order valence-corrected chi connectivity index (χ0v) is 10.3. The molecule has 6 heteroatoms. The van der Waals surface area contributed by atoms with Crippen LogP contribution in [0.1, 0.15) is 19.4 Å². The zero-order valence-electron chi connectivity index (χ0n) is 10.3. The van der Waals surface area contributed by atoms with E-state index in [1.807, 2.05) is 19.9 Å². The van der Waals surface area contributed by atoms with Crippen LogP contribution in [-0.4, -0.2) is 22.7 Å². The quantitative estimate of drug-likeness (QED) is 0.613. The highest BCUT2D eigenvalue weighted by Gasteiger charge is 2.16. The maximum atomic E-state index is 10.9. The molecule has 0 aliphatic carbocycles. The Morgan fingerprint density at radius 3 is 2.72 bits per heavy atom. The maximum Gasteiger partial charge on any atom is 0.293 e. The lowest BCUT2D eigenvalue weighted by molar-refractivity contribution is -0.384. The second-order valence-electron chi connectivity index (χ2n) is 4.29. The van der Waals surface area contributed by atoms with Crippen molar-refractivity contribution < 1.29 is 10.0 Å². The Morgan fingerprint density at radius 2 is 2.22 bits per heavy atom. The van der Waals surface area contributed by atoms with Crippen LogP contribution in [0.5, 0.6) is 0 Å². The van der Waals surface area contributed by atoms with Crippen molar-refractivity contribution in [3.63, 3.8) is 0 Å². The van der Waals surface area contributed by atoms with Crippen molar-refractivity contribution in [2.45, 2.75) is 20.0 Å². The molecule has 1 rings (SSSR count). The van der Waals surface area contributed by atoms with Gasteiger partial charge in [-0.3, -0.25) is 10.1 Å². The largest absolute Gasteiger partial charge is 0.391 e.